The molecule has 0 spiro atoms. The molecule has 0 radical (unpaired) electrons. The molecule has 1 aliphatic rings. The van der Waals surface area contributed by atoms with Crippen LogP contribution in [0.2, 0.25) is 5.02 Å². The molecule has 1 unspecified atom stereocenters. The van der Waals surface area contributed by atoms with Crippen LogP contribution in [0.25, 0.3) is 0 Å². The Morgan fingerprint density at radius 2 is 2.29 bits per heavy atom. The maximum absolute atomic E-state index is 12.7. The van der Waals surface area contributed by atoms with Crippen molar-refractivity contribution in [2.45, 2.75) is 13.0 Å². The Labute approximate surface area is 136 Å². The van der Waals surface area contributed by atoms with Gasteiger partial charge in [0.25, 0.3) is 5.91 Å². The topological polar surface area (TPSA) is 58.6 Å². The Hall–Kier alpha value is -1.11. The van der Waals surface area contributed by atoms with Crippen LogP contribution in [0.5, 0.6) is 0 Å². The first-order valence-electron chi connectivity index (χ1n) is 6.68. The Morgan fingerprint density at radius 1 is 1.52 bits per heavy atom. The highest BCUT2D eigenvalue weighted by Crippen LogP contribution is 2.23. The number of carbonyl (C=O) groups is 2. The molecular formula is C14H16BrClN2O3. The van der Waals surface area contributed by atoms with Gasteiger partial charge >= 0.3 is 5.97 Å². The second-order valence-corrected chi connectivity index (χ2v) is 5.92. The number of esters is 1. The lowest BCUT2D eigenvalue weighted by atomic mass is 10.1. The summed E-state index contributed by atoms with van der Waals surface area (Å²) in [4.78, 5) is 26.2. The van der Waals surface area contributed by atoms with Crippen molar-refractivity contribution in [3.05, 3.63) is 33.3 Å². The molecule has 1 saturated heterocycles. The lowest BCUT2D eigenvalue weighted by Gasteiger charge is -2.34. The molecule has 7 heteroatoms. The number of halogens is 2. The lowest BCUT2D eigenvalue weighted by molar-refractivity contribution is -0.149. The summed E-state index contributed by atoms with van der Waals surface area (Å²) in [6, 6.07) is 4.45. The van der Waals surface area contributed by atoms with Crippen LogP contribution in [-0.4, -0.2) is 49.1 Å². The zero-order chi connectivity index (χ0) is 15.4. The Balaban J connectivity index is 2.26. The predicted octanol–water partition coefficient (Wildman–Crippen LogP) is 2.08. The molecule has 0 saturated carbocycles. The standard InChI is InChI=1S/C14H16BrClN2O3/c1-2-21-14(20)12-8-17-5-6-18(12)13(19)10-7-9(15)3-4-11(10)16/h3-4,7,12,17H,2,5-6,8H2,1H3. The van der Waals surface area contributed by atoms with E-state index in [1.54, 1.807) is 25.1 Å². The first-order valence-corrected chi connectivity index (χ1v) is 7.85. The third-order valence-electron chi connectivity index (χ3n) is 3.22. The van der Waals surface area contributed by atoms with Gasteiger partial charge in [-0.05, 0) is 25.1 Å². The van der Waals surface area contributed by atoms with E-state index in [4.69, 9.17) is 16.3 Å². The molecule has 1 atom stereocenters. The van der Waals surface area contributed by atoms with E-state index < -0.39 is 12.0 Å². The van der Waals surface area contributed by atoms with Crippen molar-refractivity contribution in [2.75, 3.05) is 26.2 Å². The van der Waals surface area contributed by atoms with E-state index in [0.29, 0.717) is 30.2 Å². The van der Waals surface area contributed by atoms with Gasteiger partial charge in [-0.3, -0.25) is 4.79 Å². The summed E-state index contributed by atoms with van der Waals surface area (Å²) in [5, 5.41) is 3.46. The van der Waals surface area contributed by atoms with E-state index >= 15 is 0 Å². The van der Waals surface area contributed by atoms with Crippen LogP contribution in [0, 0.1) is 0 Å². The van der Waals surface area contributed by atoms with Gasteiger partial charge in [0.15, 0.2) is 0 Å². The number of hydrogen-bond donors (Lipinski definition) is 1. The Kier molecular flexibility index (Phi) is 5.61. The summed E-state index contributed by atoms with van der Waals surface area (Å²) >= 11 is 9.42. The number of ether oxygens (including phenoxy) is 1. The molecule has 1 aromatic rings. The number of carbonyl (C=O) groups excluding carboxylic acids is 2. The summed E-state index contributed by atoms with van der Waals surface area (Å²) < 4.78 is 5.80. The van der Waals surface area contributed by atoms with Crippen LogP contribution < -0.4 is 5.32 Å². The quantitative estimate of drug-likeness (QED) is 0.822. The molecule has 114 valence electrons. The summed E-state index contributed by atoms with van der Waals surface area (Å²) in [5.41, 5.74) is 0.377. The minimum atomic E-state index is -0.624. The number of benzene rings is 1. The molecule has 21 heavy (non-hydrogen) atoms. The van der Waals surface area contributed by atoms with Crippen LogP contribution in [0.4, 0.5) is 0 Å². The SMILES string of the molecule is CCOC(=O)C1CNCCN1C(=O)c1cc(Br)ccc1Cl. The van der Waals surface area contributed by atoms with Gasteiger partial charge in [0.2, 0.25) is 0 Å². The summed E-state index contributed by atoms with van der Waals surface area (Å²) in [6.45, 7) is 3.48. The van der Waals surface area contributed by atoms with E-state index in [9.17, 15) is 9.59 Å². The van der Waals surface area contributed by atoms with Gasteiger partial charge in [0, 0.05) is 24.1 Å². The van der Waals surface area contributed by atoms with E-state index in [1.165, 1.54) is 4.90 Å². The maximum Gasteiger partial charge on any atom is 0.330 e. The number of hydrogen-bond acceptors (Lipinski definition) is 4. The molecule has 0 bridgehead atoms. The normalized spacial score (nSPS) is 18.4. The third-order valence-corrected chi connectivity index (χ3v) is 4.04. The van der Waals surface area contributed by atoms with Gasteiger partial charge in [0.05, 0.1) is 17.2 Å². The van der Waals surface area contributed by atoms with Crippen LogP contribution >= 0.6 is 27.5 Å². The summed E-state index contributed by atoms with van der Waals surface area (Å²) in [7, 11) is 0. The number of amides is 1. The number of nitrogens with zero attached hydrogens (tertiary/aromatic N) is 1. The maximum atomic E-state index is 12.7. The Bertz CT molecular complexity index is 553. The van der Waals surface area contributed by atoms with E-state index in [-0.39, 0.29) is 12.5 Å². The van der Waals surface area contributed by atoms with Crippen molar-refractivity contribution in [3.8, 4) is 0 Å². The van der Waals surface area contributed by atoms with Crippen LogP contribution in [0.1, 0.15) is 17.3 Å². The summed E-state index contributed by atoms with van der Waals surface area (Å²) in [5.74, 6) is -0.662. The fraction of sp³-hybridized carbons (Fsp3) is 0.429. The fourth-order valence-corrected chi connectivity index (χ4v) is 2.77. The number of rotatable bonds is 3. The van der Waals surface area contributed by atoms with Crippen molar-refractivity contribution in [2.24, 2.45) is 0 Å². The molecule has 1 amide bonds. The first-order chi connectivity index (χ1) is 10.0. The molecule has 0 aromatic heterocycles. The van der Waals surface area contributed by atoms with Crippen LogP contribution in [0.15, 0.2) is 22.7 Å². The zero-order valence-corrected chi connectivity index (χ0v) is 13.9. The molecule has 1 aliphatic heterocycles. The summed E-state index contributed by atoms with van der Waals surface area (Å²) in [6.07, 6.45) is 0. The van der Waals surface area contributed by atoms with Gasteiger partial charge < -0.3 is 15.0 Å². The third kappa shape index (κ3) is 3.75. The van der Waals surface area contributed by atoms with Gasteiger partial charge in [-0.15, -0.1) is 0 Å². The minimum absolute atomic E-state index is 0.263. The second kappa shape index (κ2) is 7.24. The molecule has 1 N–H and O–H groups in total. The van der Waals surface area contributed by atoms with Gasteiger partial charge in [-0.25, -0.2) is 4.79 Å². The second-order valence-electron chi connectivity index (χ2n) is 4.59. The molecule has 1 aromatic carbocycles. The molecule has 0 aliphatic carbocycles. The van der Waals surface area contributed by atoms with E-state index in [1.807, 2.05) is 0 Å². The van der Waals surface area contributed by atoms with Gasteiger partial charge in [-0.2, -0.15) is 0 Å². The first kappa shape index (κ1) is 16.3. The number of nitrogens with one attached hydrogen (secondary N) is 1. The van der Waals surface area contributed by atoms with Crippen LogP contribution in [0.3, 0.4) is 0 Å². The van der Waals surface area contributed by atoms with E-state index in [0.717, 1.165) is 4.47 Å². The van der Waals surface area contributed by atoms with E-state index in [2.05, 4.69) is 21.2 Å². The molecule has 2 rings (SSSR count). The van der Waals surface area contributed by atoms with Crippen molar-refractivity contribution in [1.82, 2.24) is 10.2 Å². The molecule has 1 heterocycles. The highest BCUT2D eigenvalue weighted by molar-refractivity contribution is 9.10. The van der Waals surface area contributed by atoms with Crippen molar-refractivity contribution >= 4 is 39.4 Å². The van der Waals surface area contributed by atoms with Gasteiger partial charge in [-0.1, -0.05) is 27.5 Å². The molecular weight excluding hydrogens is 360 g/mol. The fourth-order valence-electron chi connectivity index (χ4n) is 2.21. The molecule has 5 nitrogen and oxygen atoms in total. The van der Waals surface area contributed by atoms with Gasteiger partial charge in [0.1, 0.15) is 6.04 Å². The van der Waals surface area contributed by atoms with Crippen LogP contribution in [-0.2, 0) is 9.53 Å². The van der Waals surface area contributed by atoms with Crippen molar-refractivity contribution in [3.63, 3.8) is 0 Å². The monoisotopic (exact) mass is 374 g/mol. The highest BCUT2D eigenvalue weighted by atomic mass is 79.9. The largest absolute Gasteiger partial charge is 0.464 e. The lowest BCUT2D eigenvalue weighted by Crippen LogP contribution is -2.57. The predicted molar refractivity (Wildman–Crippen MR) is 83.5 cm³/mol. The minimum Gasteiger partial charge on any atom is -0.464 e. The van der Waals surface area contributed by atoms with Crippen molar-refractivity contribution in [1.29, 1.82) is 0 Å². The highest BCUT2D eigenvalue weighted by Gasteiger charge is 2.34. The average molecular weight is 376 g/mol. The van der Waals surface area contributed by atoms with Crippen molar-refractivity contribution < 1.29 is 14.3 Å². The smallest absolute Gasteiger partial charge is 0.330 e. The Morgan fingerprint density at radius 3 is 3.00 bits per heavy atom. The molecule has 1 fully saturated rings. The average Bonchev–Trinajstić information content (AvgIpc) is 2.49. The zero-order valence-electron chi connectivity index (χ0n) is 11.6. The number of piperazine rings is 1.